The Labute approximate surface area is 221 Å². The maximum Gasteiger partial charge on any atom is 0.263 e. The molecule has 0 atom stereocenters. The van der Waals surface area contributed by atoms with Crippen LogP contribution in [0.5, 0.6) is 23.1 Å². The number of benzene rings is 2. The molecule has 11 heteroatoms. The van der Waals surface area contributed by atoms with Crippen molar-refractivity contribution in [3.05, 3.63) is 73.1 Å². The van der Waals surface area contributed by atoms with Gasteiger partial charge in [-0.2, -0.15) is 4.98 Å². The molecule has 0 spiro atoms. The summed E-state index contributed by atoms with van der Waals surface area (Å²) in [4.78, 5) is 17.6. The number of aromatic nitrogens is 4. The summed E-state index contributed by atoms with van der Waals surface area (Å²) in [5.41, 5.74) is 0. The summed E-state index contributed by atoms with van der Waals surface area (Å²) in [6.45, 7) is 0.402. The quantitative estimate of drug-likeness (QED) is 0.296. The monoisotopic (exact) mass is 533 g/mol. The summed E-state index contributed by atoms with van der Waals surface area (Å²) in [6.07, 6.45) is 7.50. The number of hydrogen-bond acceptors (Lipinski definition) is 9. The summed E-state index contributed by atoms with van der Waals surface area (Å²) in [6, 6.07) is 16.7. The number of rotatable bonds is 10. The van der Waals surface area contributed by atoms with Gasteiger partial charge in [-0.3, -0.25) is 4.72 Å². The van der Waals surface area contributed by atoms with Crippen LogP contribution in [0.15, 0.2) is 78.0 Å². The molecule has 4 aromatic rings. The number of ether oxygens (including phenoxy) is 3. The van der Waals surface area contributed by atoms with Crippen LogP contribution in [0.25, 0.3) is 11.6 Å². The fourth-order valence-electron chi connectivity index (χ4n) is 4.18. The minimum Gasteiger partial charge on any atom is -0.493 e. The Morgan fingerprint density at radius 1 is 0.868 bits per heavy atom. The summed E-state index contributed by atoms with van der Waals surface area (Å²) in [5.74, 6) is 1.42. The van der Waals surface area contributed by atoms with Crippen LogP contribution in [0.1, 0.15) is 25.7 Å². The normalized spacial score (nSPS) is 13.7. The highest BCUT2D eigenvalue weighted by Gasteiger charge is 2.27. The molecule has 1 N–H and O–H groups in total. The molecule has 0 amide bonds. The molecule has 0 unspecified atom stereocenters. The standard InChI is InChI=1S/C27H27N5O5S/c1-35-21-14-7-8-15-22(21)37-23-24(32-38(33,34)20-12-3-2-4-13-20)30-26(25-28-16-9-17-29-25)31-27(23)36-18-19-10-5-6-11-19/h2-4,7-9,12-17,19H,5-6,10-11,18H2,1H3,(H,30,31,32). The fraction of sp³-hybridized carbons (Fsp3) is 0.259. The molecule has 38 heavy (non-hydrogen) atoms. The lowest BCUT2D eigenvalue weighted by atomic mass is 10.1. The third-order valence-electron chi connectivity index (χ3n) is 6.10. The second-order valence-electron chi connectivity index (χ2n) is 8.74. The van der Waals surface area contributed by atoms with Crippen molar-refractivity contribution >= 4 is 15.8 Å². The van der Waals surface area contributed by atoms with E-state index in [-0.39, 0.29) is 34.0 Å². The predicted molar refractivity (Wildman–Crippen MR) is 141 cm³/mol. The third kappa shape index (κ3) is 5.83. The van der Waals surface area contributed by atoms with Gasteiger partial charge in [0, 0.05) is 12.4 Å². The van der Waals surface area contributed by atoms with Crippen molar-refractivity contribution < 1.29 is 22.6 Å². The second-order valence-corrected chi connectivity index (χ2v) is 10.4. The van der Waals surface area contributed by atoms with Crippen LogP contribution in [0, 0.1) is 5.92 Å². The molecule has 1 aliphatic rings. The number of para-hydroxylation sites is 2. The van der Waals surface area contributed by atoms with Crippen LogP contribution in [0.2, 0.25) is 0 Å². The Kier molecular flexibility index (Phi) is 7.64. The van der Waals surface area contributed by atoms with Gasteiger partial charge >= 0.3 is 0 Å². The molecule has 196 valence electrons. The molecule has 2 aromatic carbocycles. The molecular weight excluding hydrogens is 506 g/mol. The van der Waals surface area contributed by atoms with Crippen LogP contribution >= 0.6 is 0 Å². The average Bonchev–Trinajstić information content (AvgIpc) is 3.48. The van der Waals surface area contributed by atoms with E-state index in [0.29, 0.717) is 24.0 Å². The molecule has 0 bridgehead atoms. The predicted octanol–water partition coefficient (Wildman–Crippen LogP) is 5.10. The highest BCUT2D eigenvalue weighted by molar-refractivity contribution is 7.92. The lowest BCUT2D eigenvalue weighted by Gasteiger charge is -2.19. The van der Waals surface area contributed by atoms with Gasteiger partial charge in [-0.15, -0.1) is 0 Å². The zero-order valence-electron chi connectivity index (χ0n) is 20.8. The maximum absolute atomic E-state index is 13.3. The van der Waals surface area contributed by atoms with Crippen molar-refractivity contribution in [3.63, 3.8) is 0 Å². The van der Waals surface area contributed by atoms with E-state index in [1.165, 1.54) is 19.2 Å². The summed E-state index contributed by atoms with van der Waals surface area (Å²) in [7, 11) is -2.52. The van der Waals surface area contributed by atoms with E-state index in [1.54, 1.807) is 60.9 Å². The number of methoxy groups -OCH3 is 1. The largest absolute Gasteiger partial charge is 0.493 e. The van der Waals surface area contributed by atoms with Gasteiger partial charge in [-0.25, -0.2) is 23.4 Å². The minimum absolute atomic E-state index is 0.00619. The Balaban J connectivity index is 1.63. The number of anilines is 1. The zero-order chi connectivity index (χ0) is 26.4. The lowest BCUT2D eigenvalue weighted by Crippen LogP contribution is -2.17. The van der Waals surface area contributed by atoms with Gasteiger partial charge in [-0.1, -0.05) is 43.2 Å². The molecule has 2 aromatic heterocycles. The van der Waals surface area contributed by atoms with Gasteiger partial charge in [0.15, 0.2) is 23.1 Å². The molecular formula is C27H27N5O5S. The van der Waals surface area contributed by atoms with Gasteiger partial charge in [0.2, 0.25) is 11.6 Å². The van der Waals surface area contributed by atoms with Crippen molar-refractivity contribution in [2.24, 2.45) is 5.92 Å². The average molecular weight is 534 g/mol. The van der Waals surface area contributed by atoms with E-state index in [4.69, 9.17) is 14.2 Å². The molecule has 1 saturated carbocycles. The number of nitrogens with zero attached hydrogens (tertiary/aromatic N) is 4. The topological polar surface area (TPSA) is 125 Å². The number of hydrogen-bond donors (Lipinski definition) is 1. The first kappa shape index (κ1) is 25.4. The van der Waals surface area contributed by atoms with Crippen LogP contribution in [-0.2, 0) is 10.0 Å². The SMILES string of the molecule is COc1ccccc1Oc1c(NS(=O)(=O)c2ccccc2)nc(-c2ncccn2)nc1OCC1CCCC1. The zero-order valence-corrected chi connectivity index (χ0v) is 21.6. The van der Waals surface area contributed by atoms with E-state index in [9.17, 15) is 8.42 Å². The van der Waals surface area contributed by atoms with Crippen LogP contribution in [-0.4, -0.2) is 42.1 Å². The molecule has 0 radical (unpaired) electrons. The van der Waals surface area contributed by atoms with E-state index >= 15 is 0 Å². The minimum atomic E-state index is -4.04. The highest BCUT2D eigenvalue weighted by Crippen LogP contribution is 2.42. The first-order valence-electron chi connectivity index (χ1n) is 12.2. The fourth-order valence-corrected chi connectivity index (χ4v) is 5.20. The maximum atomic E-state index is 13.3. The van der Waals surface area contributed by atoms with Crippen LogP contribution < -0.4 is 18.9 Å². The van der Waals surface area contributed by atoms with Crippen LogP contribution in [0.4, 0.5) is 5.82 Å². The summed E-state index contributed by atoms with van der Waals surface area (Å²) >= 11 is 0. The number of nitrogens with one attached hydrogen (secondary N) is 1. The first-order valence-corrected chi connectivity index (χ1v) is 13.7. The van der Waals surface area contributed by atoms with E-state index in [1.807, 2.05) is 0 Å². The number of sulfonamides is 1. The van der Waals surface area contributed by atoms with Crippen molar-refractivity contribution in [2.45, 2.75) is 30.6 Å². The Bertz CT molecular complexity index is 1480. The summed E-state index contributed by atoms with van der Waals surface area (Å²) < 4.78 is 47.0. The van der Waals surface area contributed by atoms with Crippen molar-refractivity contribution in [2.75, 3.05) is 18.4 Å². The second kappa shape index (κ2) is 11.4. The van der Waals surface area contributed by atoms with E-state index in [2.05, 4.69) is 24.7 Å². The van der Waals surface area contributed by atoms with Gasteiger partial charge in [-0.05, 0) is 49.1 Å². The van der Waals surface area contributed by atoms with Gasteiger partial charge < -0.3 is 14.2 Å². The molecule has 0 saturated heterocycles. The Morgan fingerprint density at radius 3 is 2.26 bits per heavy atom. The lowest BCUT2D eigenvalue weighted by molar-refractivity contribution is 0.234. The molecule has 1 aliphatic carbocycles. The molecule has 5 rings (SSSR count). The molecule has 10 nitrogen and oxygen atoms in total. The van der Waals surface area contributed by atoms with E-state index in [0.717, 1.165) is 25.7 Å². The molecule has 2 heterocycles. The van der Waals surface area contributed by atoms with Crippen LogP contribution in [0.3, 0.4) is 0 Å². The highest BCUT2D eigenvalue weighted by atomic mass is 32.2. The Hall–Kier alpha value is -4.25. The summed E-state index contributed by atoms with van der Waals surface area (Å²) in [5, 5.41) is 0. The van der Waals surface area contributed by atoms with Gasteiger partial charge in [0.05, 0.1) is 18.6 Å². The van der Waals surface area contributed by atoms with Gasteiger partial charge in [0.1, 0.15) is 0 Å². The molecule has 1 fully saturated rings. The van der Waals surface area contributed by atoms with Crippen molar-refractivity contribution in [3.8, 4) is 34.8 Å². The van der Waals surface area contributed by atoms with Crippen molar-refractivity contribution in [1.82, 2.24) is 19.9 Å². The Morgan fingerprint density at radius 2 is 1.55 bits per heavy atom. The van der Waals surface area contributed by atoms with Gasteiger partial charge in [0.25, 0.3) is 15.9 Å². The third-order valence-corrected chi connectivity index (χ3v) is 7.45. The molecule has 0 aliphatic heterocycles. The van der Waals surface area contributed by atoms with E-state index < -0.39 is 10.0 Å². The van der Waals surface area contributed by atoms with Crippen molar-refractivity contribution in [1.29, 1.82) is 0 Å². The smallest absolute Gasteiger partial charge is 0.263 e. The first-order chi connectivity index (χ1) is 18.5.